The number of anilines is 2. The van der Waals surface area contributed by atoms with Gasteiger partial charge in [-0.3, -0.25) is 0 Å². The normalized spacial score (nSPS) is 10.6. The first kappa shape index (κ1) is 13.7. The fourth-order valence-electron chi connectivity index (χ4n) is 1.48. The highest BCUT2D eigenvalue weighted by Crippen LogP contribution is 2.15. The number of nitrogens with one attached hydrogen (secondary N) is 2. The lowest BCUT2D eigenvalue weighted by Gasteiger charge is -2.16. The Morgan fingerprint density at radius 3 is 2.59 bits per heavy atom. The summed E-state index contributed by atoms with van der Waals surface area (Å²) in [6, 6.07) is 0.249. The molecule has 0 atom stereocenters. The van der Waals surface area contributed by atoms with Gasteiger partial charge >= 0.3 is 0 Å². The molecule has 2 N–H and O–H groups in total. The Hall–Kier alpha value is -1.39. The van der Waals surface area contributed by atoms with E-state index >= 15 is 0 Å². The molecule has 0 spiro atoms. The lowest BCUT2D eigenvalue weighted by atomic mass is 10.2. The zero-order chi connectivity index (χ0) is 12.7. The highest BCUT2D eigenvalue weighted by atomic mass is 19.1. The van der Waals surface area contributed by atoms with Crippen LogP contribution in [0.1, 0.15) is 40.0 Å². The van der Waals surface area contributed by atoms with Crippen molar-refractivity contribution in [1.29, 1.82) is 0 Å². The standard InChI is InChI=1S/C12H21FN4/c1-4-7-14-12-15-8-10(13)11(17-12)16-9(5-2)6-3/h8-9H,4-7H2,1-3H3,(H2,14,15,16,17). The van der Waals surface area contributed by atoms with Gasteiger partial charge in [-0.25, -0.2) is 9.37 Å². The lowest BCUT2D eigenvalue weighted by molar-refractivity contribution is 0.602. The Kier molecular flexibility index (Phi) is 5.66. The minimum Gasteiger partial charge on any atom is -0.365 e. The molecular formula is C12H21FN4. The summed E-state index contributed by atoms with van der Waals surface area (Å²) in [5.74, 6) is 0.355. The average molecular weight is 240 g/mol. The van der Waals surface area contributed by atoms with Crippen LogP contribution in [0, 0.1) is 5.82 Å². The van der Waals surface area contributed by atoms with E-state index in [2.05, 4.69) is 41.4 Å². The van der Waals surface area contributed by atoms with Crippen molar-refractivity contribution in [3.63, 3.8) is 0 Å². The third-order valence-electron chi connectivity index (χ3n) is 2.60. The number of nitrogens with zero attached hydrogens (tertiary/aromatic N) is 2. The van der Waals surface area contributed by atoms with E-state index < -0.39 is 5.82 Å². The third kappa shape index (κ3) is 4.17. The van der Waals surface area contributed by atoms with Gasteiger partial charge in [0, 0.05) is 12.6 Å². The van der Waals surface area contributed by atoms with Gasteiger partial charge in [-0.2, -0.15) is 4.98 Å². The van der Waals surface area contributed by atoms with Gasteiger partial charge in [0.15, 0.2) is 11.6 Å². The molecule has 17 heavy (non-hydrogen) atoms. The summed E-state index contributed by atoms with van der Waals surface area (Å²) >= 11 is 0. The van der Waals surface area contributed by atoms with Crippen molar-refractivity contribution in [3.8, 4) is 0 Å². The molecule has 1 aromatic heterocycles. The summed E-state index contributed by atoms with van der Waals surface area (Å²) in [5.41, 5.74) is 0. The van der Waals surface area contributed by atoms with Crippen LogP contribution in [-0.2, 0) is 0 Å². The highest BCUT2D eigenvalue weighted by Gasteiger charge is 2.10. The number of rotatable bonds is 7. The molecule has 1 heterocycles. The number of halogens is 1. The summed E-state index contributed by atoms with van der Waals surface area (Å²) < 4.78 is 13.5. The van der Waals surface area contributed by atoms with Crippen molar-refractivity contribution >= 4 is 11.8 Å². The van der Waals surface area contributed by atoms with Crippen LogP contribution >= 0.6 is 0 Å². The van der Waals surface area contributed by atoms with Gasteiger partial charge in [-0.15, -0.1) is 0 Å². The van der Waals surface area contributed by atoms with E-state index in [0.29, 0.717) is 5.95 Å². The fourth-order valence-corrected chi connectivity index (χ4v) is 1.48. The lowest BCUT2D eigenvalue weighted by Crippen LogP contribution is -2.19. The van der Waals surface area contributed by atoms with Crippen LogP contribution in [-0.4, -0.2) is 22.6 Å². The van der Waals surface area contributed by atoms with Crippen molar-refractivity contribution in [1.82, 2.24) is 9.97 Å². The zero-order valence-corrected chi connectivity index (χ0v) is 10.8. The monoisotopic (exact) mass is 240 g/mol. The molecule has 5 heteroatoms. The van der Waals surface area contributed by atoms with Crippen LogP contribution in [0.25, 0.3) is 0 Å². The zero-order valence-electron chi connectivity index (χ0n) is 10.8. The molecule has 4 nitrogen and oxygen atoms in total. The Bertz CT molecular complexity index is 339. The molecule has 0 saturated heterocycles. The highest BCUT2D eigenvalue weighted by molar-refractivity contribution is 5.41. The second kappa shape index (κ2) is 7.04. The number of hydrogen-bond donors (Lipinski definition) is 2. The molecule has 0 aliphatic heterocycles. The van der Waals surface area contributed by atoms with Crippen molar-refractivity contribution in [2.45, 2.75) is 46.1 Å². The summed E-state index contributed by atoms with van der Waals surface area (Å²) in [4.78, 5) is 8.04. The maximum absolute atomic E-state index is 13.5. The van der Waals surface area contributed by atoms with Gasteiger partial charge < -0.3 is 10.6 Å². The molecule has 0 fully saturated rings. The largest absolute Gasteiger partial charge is 0.365 e. The molecule has 96 valence electrons. The Morgan fingerprint density at radius 1 is 1.29 bits per heavy atom. The molecule has 0 aliphatic carbocycles. The summed E-state index contributed by atoms with van der Waals surface area (Å²) in [7, 11) is 0. The van der Waals surface area contributed by atoms with Gasteiger partial charge in [0.1, 0.15) is 0 Å². The molecule has 0 unspecified atom stereocenters. The van der Waals surface area contributed by atoms with Crippen molar-refractivity contribution < 1.29 is 4.39 Å². The minimum absolute atomic E-state index is 0.249. The maximum atomic E-state index is 13.5. The summed E-state index contributed by atoms with van der Waals surface area (Å²) in [6.07, 6.45) is 4.07. The summed E-state index contributed by atoms with van der Waals surface area (Å²) in [6.45, 7) is 6.98. The quantitative estimate of drug-likeness (QED) is 0.769. The SMILES string of the molecule is CCCNc1ncc(F)c(NC(CC)CC)n1. The van der Waals surface area contributed by atoms with Crippen LogP contribution < -0.4 is 10.6 Å². The van der Waals surface area contributed by atoms with Gasteiger partial charge in [-0.1, -0.05) is 20.8 Å². The smallest absolute Gasteiger partial charge is 0.224 e. The number of aromatic nitrogens is 2. The van der Waals surface area contributed by atoms with Crippen molar-refractivity contribution in [2.24, 2.45) is 0 Å². The van der Waals surface area contributed by atoms with E-state index in [1.807, 2.05) is 0 Å². The van der Waals surface area contributed by atoms with E-state index in [9.17, 15) is 4.39 Å². The molecule has 1 rings (SSSR count). The topological polar surface area (TPSA) is 49.8 Å². The number of hydrogen-bond acceptors (Lipinski definition) is 4. The Balaban J connectivity index is 2.75. The van der Waals surface area contributed by atoms with Gasteiger partial charge in [0.05, 0.1) is 6.20 Å². The van der Waals surface area contributed by atoms with Crippen LogP contribution in [0.2, 0.25) is 0 Å². The van der Waals surface area contributed by atoms with Gasteiger partial charge in [0.2, 0.25) is 5.95 Å². The van der Waals surface area contributed by atoms with E-state index in [4.69, 9.17) is 0 Å². The third-order valence-corrected chi connectivity index (χ3v) is 2.60. The van der Waals surface area contributed by atoms with E-state index in [0.717, 1.165) is 25.8 Å². The summed E-state index contributed by atoms with van der Waals surface area (Å²) in [5, 5.41) is 6.14. The predicted octanol–water partition coefficient (Wildman–Crippen LogP) is 3.04. The fraction of sp³-hybridized carbons (Fsp3) is 0.667. The molecule has 0 amide bonds. The van der Waals surface area contributed by atoms with Crippen molar-refractivity contribution in [2.75, 3.05) is 17.2 Å². The second-order valence-corrected chi connectivity index (χ2v) is 3.97. The van der Waals surface area contributed by atoms with Crippen molar-refractivity contribution in [3.05, 3.63) is 12.0 Å². The second-order valence-electron chi connectivity index (χ2n) is 3.97. The molecule has 0 bridgehead atoms. The first-order chi connectivity index (χ1) is 8.21. The van der Waals surface area contributed by atoms with Gasteiger partial charge in [0.25, 0.3) is 0 Å². The molecule has 0 saturated carbocycles. The van der Waals surface area contributed by atoms with Crippen LogP contribution in [0.15, 0.2) is 6.20 Å². The van der Waals surface area contributed by atoms with Crippen LogP contribution in [0.5, 0.6) is 0 Å². The molecule has 0 aromatic carbocycles. The van der Waals surface area contributed by atoms with E-state index in [1.165, 1.54) is 6.20 Å². The first-order valence-corrected chi connectivity index (χ1v) is 6.24. The molecule has 1 aromatic rings. The first-order valence-electron chi connectivity index (χ1n) is 6.24. The predicted molar refractivity (Wildman–Crippen MR) is 68.8 cm³/mol. The molecule has 0 radical (unpaired) electrons. The van der Waals surface area contributed by atoms with Gasteiger partial charge in [-0.05, 0) is 19.3 Å². The van der Waals surface area contributed by atoms with E-state index in [-0.39, 0.29) is 11.9 Å². The minimum atomic E-state index is -0.404. The van der Waals surface area contributed by atoms with Crippen LogP contribution in [0.4, 0.5) is 16.2 Å². The van der Waals surface area contributed by atoms with E-state index in [1.54, 1.807) is 0 Å². The molecule has 0 aliphatic rings. The average Bonchev–Trinajstić information content (AvgIpc) is 2.36. The van der Waals surface area contributed by atoms with Crippen LogP contribution in [0.3, 0.4) is 0 Å². The Morgan fingerprint density at radius 2 is 2.00 bits per heavy atom. The Labute approximate surface area is 102 Å². The maximum Gasteiger partial charge on any atom is 0.224 e. The molecular weight excluding hydrogens is 219 g/mol.